The molecule has 0 fully saturated rings. The molecule has 8 heteroatoms. The second kappa shape index (κ2) is 9.44. The summed E-state index contributed by atoms with van der Waals surface area (Å²) in [7, 11) is 1.48. The van der Waals surface area contributed by atoms with E-state index in [4.69, 9.17) is 13.9 Å². The summed E-state index contributed by atoms with van der Waals surface area (Å²) in [6, 6.07) is 11.8. The fourth-order valence-electron chi connectivity index (χ4n) is 3.97. The molecule has 0 spiro atoms. The highest BCUT2D eigenvalue weighted by Crippen LogP contribution is 2.38. The highest BCUT2D eigenvalue weighted by molar-refractivity contribution is 6.06. The second-order valence-electron chi connectivity index (χ2n) is 9.77. The summed E-state index contributed by atoms with van der Waals surface area (Å²) in [5, 5.41) is 3.32. The van der Waals surface area contributed by atoms with Crippen molar-refractivity contribution in [3.05, 3.63) is 58.4 Å². The third kappa shape index (κ3) is 4.87. The van der Waals surface area contributed by atoms with Crippen molar-refractivity contribution in [1.82, 2.24) is 0 Å². The van der Waals surface area contributed by atoms with Gasteiger partial charge in [0.25, 0.3) is 5.91 Å². The average Bonchev–Trinajstić information content (AvgIpc) is 2.91. The van der Waals surface area contributed by atoms with E-state index in [9.17, 15) is 14.4 Å². The Bertz CT molecular complexity index is 1340. The quantitative estimate of drug-likeness (QED) is 0.509. The number of nitrogens with zero attached hydrogens (tertiary/aromatic N) is 1. The van der Waals surface area contributed by atoms with Crippen LogP contribution in [0.4, 0.5) is 11.4 Å². The molecule has 3 aromatic rings. The number of methoxy groups -OCH3 is 1. The third-order valence-electron chi connectivity index (χ3n) is 6.04. The van der Waals surface area contributed by atoms with Crippen LogP contribution in [0.15, 0.2) is 51.7 Å². The summed E-state index contributed by atoms with van der Waals surface area (Å²) in [5.74, 6) is 0.739. The number of ether oxygens (including phenoxy) is 2. The van der Waals surface area contributed by atoms with Crippen LogP contribution in [0.1, 0.15) is 44.5 Å². The van der Waals surface area contributed by atoms with Gasteiger partial charge in [-0.1, -0.05) is 26.0 Å². The van der Waals surface area contributed by atoms with E-state index < -0.39 is 16.9 Å². The van der Waals surface area contributed by atoms with E-state index in [0.717, 1.165) is 6.42 Å². The summed E-state index contributed by atoms with van der Waals surface area (Å²) < 4.78 is 16.6. The van der Waals surface area contributed by atoms with E-state index in [1.54, 1.807) is 41.3 Å². The minimum Gasteiger partial charge on any atom is -0.493 e. The van der Waals surface area contributed by atoms with Crippen LogP contribution in [0.5, 0.6) is 11.5 Å². The van der Waals surface area contributed by atoms with Gasteiger partial charge in [-0.2, -0.15) is 0 Å². The van der Waals surface area contributed by atoms with E-state index in [0.29, 0.717) is 40.7 Å². The lowest BCUT2D eigenvalue weighted by Crippen LogP contribution is -2.42. The zero-order chi connectivity index (χ0) is 25.3. The normalized spacial score (nSPS) is 14.9. The van der Waals surface area contributed by atoms with Crippen molar-refractivity contribution in [2.24, 2.45) is 11.3 Å². The van der Waals surface area contributed by atoms with Gasteiger partial charge < -0.3 is 24.1 Å². The second-order valence-corrected chi connectivity index (χ2v) is 9.77. The Hall–Kier alpha value is -3.81. The SMILES string of the molecule is COc1cccc2cc(C(=O)Nc3ccc4c(c3)OCC(C)(C)C(=O)N4CCC(C)C)c(=O)oc12. The Morgan fingerprint density at radius 1 is 1.17 bits per heavy atom. The predicted molar refractivity (Wildman–Crippen MR) is 135 cm³/mol. The van der Waals surface area contributed by atoms with E-state index in [-0.39, 0.29) is 23.7 Å². The average molecular weight is 479 g/mol. The number of hydrogen-bond acceptors (Lipinski definition) is 6. The largest absolute Gasteiger partial charge is 0.493 e. The van der Waals surface area contributed by atoms with Crippen LogP contribution in [0, 0.1) is 11.3 Å². The molecule has 1 N–H and O–H groups in total. The lowest BCUT2D eigenvalue weighted by atomic mass is 9.92. The molecule has 2 amide bonds. The monoisotopic (exact) mass is 478 g/mol. The maximum Gasteiger partial charge on any atom is 0.349 e. The minimum atomic E-state index is -0.766. The van der Waals surface area contributed by atoms with Gasteiger partial charge in [-0.15, -0.1) is 0 Å². The number of amides is 2. The van der Waals surface area contributed by atoms with E-state index >= 15 is 0 Å². The molecule has 1 aromatic heterocycles. The number of carbonyl (C=O) groups excluding carboxylic acids is 2. The van der Waals surface area contributed by atoms with Gasteiger partial charge in [-0.25, -0.2) is 4.79 Å². The maximum atomic E-state index is 13.2. The molecular weight excluding hydrogens is 448 g/mol. The molecule has 0 aliphatic carbocycles. The molecule has 0 radical (unpaired) electrons. The molecule has 0 bridgehead atoms. The molecule has 184 valence electrons. The number of para-hydroxylation sites is 1. The first-order chi connectivity index (χ1) is 16.6. The van der Waals surface area contributed by atoms with Gasteiger partial charge in [0.15, 0.2) is 11.3 Å². The third-order valence-corrected chi connectivity index (χ3v) is 6.04. The number of benzene rings is 2. The van der Waals surface area contributed by atoms with Crippen LogP contribution >= 0.6 is 0 Å². The molecule has 1 aliphatic heterocycles. The van der Waals surface area contributed by atoms with Crippen molar-refractivity contribution in [2.45, 2.75) is 34.1 Å². The fourth-order valence-corrected chi connectivity index (χ4v) is 3.97. The summed E-state index contributed by atoms with van der Waals surface area (Å²) in [4.78, 5) is 40.5. The number of fused-ring (bicyclic) bond motifs is 2. The van der Waals surface area contributed by atoms with Crippen molar-refractivity contribution in [1.29, 1.82) is 0 Å². The van der Waals surface area contributed by atoms with Gasteiger partial charge in [0.2, 0.25) is 5.91 Å². The Morgan fingerprint density at radius 3 is 2.66 bits per heavy atom. The Kier molecular flexibility index (Phi) is 6.56. The van der Waals surface area contributed by atoms with Crippen molar-refractivity contribution in [3.8, 4) is 11.5 Å². The Balaban J connectivity index is 1.64. The van der Waals surface area contributed by atoms with Crippen molar-refractivity contribution < 1.29 is 23.5 Å². The molecule has 0 atom stereocenters. The smallest absolute Gasteiger partial charge is 0.349 e. The first-order valence-electron chi connectivity index (χ1n) is 11.6. The highest BCUT2D eigenvalue weighted by atomic mass is 16.5. The predicted octanol–water partition coefficient (Wildman–Crippen LogP) is 4.85. The zero-order valence-electron chi connectivity index (χ0n) is 20.6. The van der Waals surface area contributed by atoms with Gasteiger partial charge in [0.1, 0.15) is 17.9 Å². The molecule has 2 aromatic carbocycles. The van der Waals surface area contributed by atoms with Crippen LogP contribution in [-0.2, 0) is 4.79 Å². The van der Waals surface area contributed by atoms with Gasteiger partial charge in [0, 0.05) is 23.7 Å². The van der Waals surface area contributed by atoms with Crippen molar-refractivity contribution >= 4 is 34.2 Å². The van der Waals surface area contributed by atoms with Gasteiger partial charge in [-0.3, -0.25) is 9.59 Å². The summed E-state index contributed by atoms with van der Waals surface area (Å²) >= 11 is 0. The highest BCUT2D eigenvalue weighted by Gasteiger charge is 2.37. The van der Waals surface area contributed by atoms with Crippen LogP contribution in [0.25, 0.3) is 11.0 Å². The van der Waals surface area contributed by atoms with Crippen LogP contribution in [0.3, 0.4) is 0 Å². The van der Waals surface area contributed by atoms with Crippen molar-refractivity contribution in [3.63, 3.8) is 0 Å². The number of carbonyl (C=O) groups is 2. The molecule has 0 unspecified atom stereocenters. The van der Waals surface area contributed by atoms with E-state index in [1.807, 2.05) is 13.8 Å². The lowest BCUT2D eigenvalue weighted by Gasteiger charge is -2.28. The van der Waals surface area contributed by atoms with Gasteiger partial charge >= 0.3 is 5.63 Å². The molecular formula is C27H30N2O6. The Labute approximate surface area is 203 Å². The van der Waals surface area contributed by atoms with Gasteiger partial charge in [-0.05, 0) is 50.5 Å². The van der Waals surface area contributed by atoms with E-state index in [2.05, 4.69) is 19.2 Å². The summed E-state index contributed by atoms with van der Waals surface area (Å²) in [6.45, 7) is 8.74. The van der Waals surface area contributed by atoms with Crippen molar-refractivity contribution in [2.75, 3.05) is 30.5 Å². The molecule has 4 rings (SSSR count). The summed E-state index contributed by atoms with van der Waals surface area (Å²) in [5.41, 5.74) is -0.200. The van der Waals surface area contributed by atoms with Crippen LogP contribution in [-0.4, -0.2) is 32.1 Å². The summed E-state index contributed by atoms with van der Waals surface area (Å²) in [6.07, 6.45) is 0.849. The van der Waals surface area contributed by atoms with Crippen LogP contribution in [0.2, 0.25) is 0 Å². The first kappa shape index (κ1) is 24.3. The maximum absolute atomic E-state index is 13.2. The molecule has 1 aliphatic rings. The minimum absolute atomic E-state index is 0.00196. The standard InChI is InChI=1S/C27H30N2O6/c1-16(2)11-12-29-20-10-9-18(14-22(20)34-15-27(3,4)26(29)32)28-24(30)19-13-17-7-6-8-21(33-5)23(17)35-25(19)31/h6-10,13-14,16H,11-12,15H2,1-5H3,(H,28,30). The first-order valence-corrected chi connectivity index (χ1v) is 11.6. The lowest BCUT2D eigenvalue weighted by molar-refractivity contribution is -0.127. The number of nitrogens with one attached hydrogen (secondary N) is 1. The number of rotatable bonds is 6. The molecule has 0 saturated carbocycles. The topological polar surface area (TPSA) is 98.1 Å². The molecule has 2 heterocycles. The van der Waals surface area contributed by atoms with Crippen LogP contribution < -0.4 is 25.3 Å². The van der Waals surface area contributed by atoms with Gasteiger partial charge in [0.05, 0.1) is 18.2 Å². The van der Waals surface area contributed by atoms with E-state index in [1.165, 1.54) is 13.2 Å². The molecule has 0 saturated heterocycles. The molecule has 8 nitrogen and oxygen atoms in total. The fraction of sp³-hybridized carbons (Fsp3) is 0.370. The molecule has 35 heavy (non-hydrogen) atoms. The number of hydrogen-bond donors (Lipinski definition) is 1. The Morgan fingerprint density at radius 2 is 1.94 bits per heavy atom. The zero-order valence-corrected chi connectivity index (χ0v) is 20.6. The number of anilines is 2.